The van der Waals surface area contributed by atoms with E-state index >= 15 is 0 Å². The van der Waals surface area contributed by atoms with Crippen molar-refractivity contribution in [1.29, 1.82) is 0 Å². The maximum atomic E-state index is 13.0. The zero-order valence-corrected chi connectivity index (χ0v) is 9.25. The van der Waals surface area contributed by atoms with Gasteiger partial charge in [0.25, 0.3) is 0 Å². The fraction of sp³-hybridized carbons (Fsp3) is 0.250. The van der Waals surface area contributed by atoms with Gasteiger partial charge in [0.2, 0.25) is 0 Å². The number of carboxylic acids is 1. The predicted molar refractivity (Wildman–Crippen MR) is 61.0 cm³/mol. The normalized spacial score (nSPS) is 11.3. The summed E-state index contributed by atoms with van der Waals surface area (Å²) in [5.41, 5.74) is 1.73. The number of hydrogen-bond acceptors (Lipinski definition) is 2. The Balaban J connectivity index is 2.62. The van der Waals surface area contributed by atoms with Crippen LogP contribution < -0.4 is 5.32 Å². The van der Waals surface area contributed by atoms with Crippen molar-refractivity contribution in [2.24, 2.45) is 0 Å². The highest BCUT2D eigenvalue weighted by molar-refractivity contribution is 5.85. The summed E-state index contributed by atoms with van der Waals surface area (Å²) in [6.07, 6.45) is 1.54. The lowest BCUT2D eigenvalue weighted by molar-refractivity contribution is -0.132. The number of aliphatic carboxylic acids is 1. The molecule has 0 spiro atoms. The minimum atomic E-state index is -0.947. The lowest BCUT2D eigenvalue weighted by Gasteiger charge is -2.05. The number of carbonyl (C=O) groups is 1. The molecular weight excluding hydrogens is 209 g/mol. The van der Waals surface area contributed by atoms with Gasteiger partial charge in [-0.3, -0.25) is 0 Å². The summed E-state index contributed by atoms with van der Waals surface area (Å²) in [4.78, 5) is 10.5. The van der Waals surface area contributed by atoms with Crippen molar-refractivity contribution in [3.63, 3.8) is 0 Å². The van der Waals surface area contributed by atoms with Gasteiger partial charge in [-0.1, -0.05) is 6.08 Å². The van der Waals surface area contributed by atoms with Crippen LogP contribution in [0.1, 0.15) is 12.5 Å². The second kappa shape index (κ2) is 5.30. The van der Waals surface area contributed by atoms with Crippen LogP contribution in [0.3, 0.4) is 0 Å². The summed E-state index contributed by atoms with van der Waals surface area (Å²) < 4.78 is 13.0. The first-order valence-electron chi connectivity index (χ1n) is 4.90. The highest BCUT2D eigenvalue weighted by Gasteiger charge is 1.99. The second-order valence-electron chi connectivity index (χ2n) is 3.59. The van der Waals surface area contributed by atoms with Crippen LogP contribution in [0.4, 0.5) is 10.1 Å². The first-order valence-corrected chi connectivity index (χ1v) is 4.90. The molecule has 0 atom stereocenters. The van der Waals surface area contributed by atoms with Gasteiger partial charge < -0.3 is 10.4 Å². The third-order valence-electron chi connectivity index (χ3n) is 2.09. The molecule has 0 aliphatic carbocycles. The first-order chi connectivity index (χ1) is 7.49. The number of benzene rings is 1. The average Bonchev–Trinajstić information content (AvgIpc) is 2.15. The summed E-state index contributed by atoms with van der Waals surface area (Å²) in [6, 6.07) is 4.60. The minimum absolute atomic E-state index is 0.264. The van der Waals surface area contributed by atoms with Crippen LogP contribution in [0.5, 0.6) is 0 Å². The predicted octanol–water partition coefficient (Wildman–Crippen LogP) is 2.58. The van der Waals surface area contributed by atoms with Crippen LogP contribution >= 0.6 is 0 Å². The molecule has 0 saturated heterocycles. The molecule has 0 bridgehead atoms. The maximum absolute atomic E-state index is 13.0. The van der Waals surface area contributed by atoms with Gasteiger partial charge in [0, 0.05) is 17.8 Å². The van der Waals surface area contributed by atoms with E-state index < -0.39 is 5.97 Å². The Hall–Kier alpha value is -1.84. The molecule has 1 aromatic rings. The Kier molecular flexibility index (Phi) is 4.05. The molecule has 0 aromatic heterocycles. The summed E-state index contributed by atoms with van der Waals surface area (Å²) in [7, 11) is 0. The Morgan fingerprint density at radius 3 is 2.75 bits per heavy atom. The minimum Gasteiger partial charge on any atom is -0.478 e. The molecule has 2 N–H and O–H groups in total. The molecule has 1 aromatic carbocycles. The smallest absolute Gasteiger partial charge is 0.331 e. The maximum Gasteiger partial charge on any atom is 0.331 e. The number of aryl methyl sites for hydroxylation is 1. The summed E-state index contributed by atoms with van der Waals surface area (Å²) in [5, 5.41) is 11.5. The fourth-order valence-corrected chi connectivity index (χ4v) is 1.25. The SMILES string of the molecule is C/C(=C/CNc1cc(C)cc(F)c1)C(=O)O. The Morgan fingerprint density at radius 2 is 2.19 bits per heavy atom. The van der Waals surface area contributed by atoms with E-state index in [4.69, 9.17) is 5.11 Å². The summed E-state index contributed by atoms with van der Waals surface area (Å²) in [6.45, 7) is 3.68. The molecule has 0 unspecified atom stereocenters. The van der Waals surface area contributed by atoms with E-state index in [1.54, 1.807) is 19.1 Å². The molecule has 0 fully saturated rings. The fourth-order valence-electron chi connectivity index (χ4n) is 1.25. The summed E-state index contributed by atoms with van der Waals surface area (Å²) in [5.74, 6) is -1.25. The van der Waals surface area contributed by atoms with E-state index in [1.165, 1.54) is 19.1 Å². The van der Waals surface area contributed by atoms with Crippen LogP contribution in [-0.4, -0.2) is 17.6 Å². The zero-order valence-electron chi connectivity index (χ0n) is 9.25. The highest BCUT2D eigenvalue weighted by Crippen LogP contribution is 2.12. The van der Waals surface area contributed by atoms with Gasteiger partial charge in [-0.05, 0) is 37.6 Å². The lowest BCUT2D eigenvalue weighted by atomic mass is 10.2. The number of rotatable bonds is 4. The molecule has 16 heavy (non-hydrogen) atoms. The van der Waals surface area contributed by atoms with E-state index in [0.29, 0.717) is 12.2 Å². The number of anilines is 1. The molecule has 86 valence electrons. The Labute approximate surface area is 93.6 Å². The molecule has 1 rings (SSSR count). The molecule has 0 aliphatic heterocycles. The van der Waals surface area contributed by atoms with Gasteiger partial charge in [0.15, 0.2) is 0 Å². The molecule has 0 radical (unpaired) electrons. The average molecular weight is 223 g/mol. The van der Waals surface area contributed by atoms with E-state index in [0.717, 1.165) is 5.56 Å². The van der Waals surface area contributed by atoms with Gasteiger partial charge >= 0.3 is 5.97 Å². The molecule has 0 heterocycles. The van der Waals surface area contributed by atoms with Crippen molar-refractivity contribution >= 4 is 11.7 Å². The van der Waals surface area contributed by atoms with E-state index in [2.05, 4.69) is 5.32 Å². The zero-order chi connectivity index (χ0) is 12.1. The summed E-state index contributed by atoms with van der Waals surface area (Å²) >= 11 is 0. The van der Waals surface area contributed by atoms with Crippen LogP contribution in [-0.2, 0) is 4.79 Å². The Morgan fingerprint density at radius 1 is 1.50 bits per heavy atom. The van der Waals surface area contributed by atoms with Crippen molar-refractivity contribution < 1.29 is 14.3 Å². The number of nitrogens with one attached hydrogen (secondary N) is 1. The van der Waals surface area contributed by atoms with Crippen LogP contribution in [0.2, 0.25) is 0 Å². The lowest BCUT2D eigenvalue weighted by Crippen LogP contribution is -2.03. The molecule has 0 saturated carbocycles. The largest absolute Gasteiger partial charge is 0.478 e. The molecule has 0 amide bonds. The van der Waals surface area contributed by atoms with E-state index in [1.807, 2.05) is 0 Å². The number of hydrogen-bond donors (Lipinski definition) is 2. The van der Waals surface area contributed by atoms with Crippen molar-refractivity contribution in [3.8, 4) is 0 Å². The van der Waals surface area contributed by atoms with Crippen molar-refractivity contribution in [2.75, 3.05) is 11.9 Å². The van der Waals surface area contributed by atoms with Crippen molar-refractivity contribution in [2.45, 2.75) is 13.8 Å². The number of carboxylic acid groups (broad SMARTS) is 1. The van der Waals surface area contributed by atoms with Crippen LogP contribution in [0, 0.1) is 12.7 Å². The van der Waals surface area contributed by atoms with Gasteiger partial charge in [-0.2, -0.15) is 0 Å². The third-order valence-corrected chi connectivity index (χ3v) is 2.09. The second-order valence-corrected chi connectivity index (χ2v) is 3.59. The molecular formula is C12H14FNO2. The van der Waals surface area contributed by atoms with Crippen LogP contribution in [0.25, 0.3) is 0 Å². The highest BCUT2D eigenvalue weighted by atomic mass is 19.1. The van der Waals surface area contributed by atoms with Gasteiger partial charge in [-0.25, -0.2) is 9.18 Å². The molecule has 0 aliphatic rings. The first kappa shape index (κ1) is 12.2. The third kappa shape index (κ3) is 3.73. The molecule has 4 heteroatoms. The van der Waals surface area contributed by atoms with Crippen LogP contribution in [0.15, 0.2) is 29.8 Å². The molecule has 3 nitrogen and oxygen atoms in total. The Bertz CT molecular complexity index is 407. The van der Waals surface area contributed by atoms with Crippen molar-refractivity contribution in [1.82, 2.24) is 0 Å². The number of halogens is 1. The van der Waals surface area contributed by atoms with Gasteiger partial charge in [0.1, 0.15) is 5.82 Å². The van der Waals surface area contributed by atoms with E-state index in [-0.39, 0.29) is 11.4 Å². The monoisotopic (exact) mass is 223 g/mol. The topological polar surface area (TPSA) is 49.3 Å². The van der Waals surface area contributed by atoms with Gasteiger partial charge in [0.05, 0.1) is 0 Å². The standard InChI is InChI=1S/C12H14FNO2/c1-8-5-10(13)7-11(6-8)14-4-3-9(2)12(15)16/h3,5-7,14H,4H2,1-2H3,(H,15,16)/b9-3-. The van der Waals surface area contributed by atoms with Gasteiger partial charge in [-0.15, -0.1) is 0 Å². The van der Waals surface area contributed by atoms with Crippen molar-refractivity contribution in [3.05, 3.63) is 41.2 Å². The van der Waals surface area contributed by atoms with E-state index in [9.17, 15) is 9.18 Å². The quantitative estimate of drug-likeness (QED) is 0.771.